The van der Waals surface area contributed by atoms with E-state index in [1.807, 2.05) is 0 Å². The fraction of sp³-hybridized carbons (Fsp3) is 1.00. The first-order chi connectivity index (χ1) is 7.02. The normalized spacial score (nSPS) is 30.0. The molecule has 1 heterocycles. The Hall–Kier alpha value is -0.0800. The second kappa shape index (κ2) is 4.06. The van der Waals surface area contributed by atoms with Crippen LogP contribution in [0.3, 0.4) is 0 Å². The summed E-state index contributed by atoms with van der Waals surface area (Å²) in [6.45, 7) is 13.3. The summed E-state index contributed by atoms with van der Waals surface area (Å²) >= 11 is 0. The van der Waals surface area contributed by atoms with Crippen molar-refractivity contribution in [3.05, 3.63) is 0 Å². The third-order valence-electron chi connectivity index (χ3n) is 3.88. The molecule has 2 nitrogen and oxygen atoms in total. The van der Waals surface area contributed by atoms with Gasteiger partial charge in [-0.05, 0) is 30.6 Å². The van der Waals surface area contributed by atoms with Gasteiger partial charge in [-0.2, -0.15) is 0 Å². The van der Waals surface area contributed by atoms with Crippen LogP contribution in [0.4, 0.5) is 0 Å². The van der Waals surface area contributed by atoms with Gasteiger partial charge in [-0.3, -0.25) is 0 Å². The summed E-state index contributed by atoms with van der Waals surface area (Å²) in [4.78, 5) is 0. The highest BCUT2D eigenvalue weighted by Crippen LogP contribution is 2.38. The summed E-state index contributed by atoms with van der Waals surface area (Å²) in [6.07, 6.45) is 4.13. The van der Waals surface area contributed by atoms with Gasteiger partial charge in [0.25, 0.3) is 0 Å². The lowest BCUT2D eigenvalue weighted by atomic mass is 9.81. The maximum Gasteiger partial charge on any atom is 0.0247 e. The van der Waals surface area contributed by atoms with E-state index in [0.717, 1.165) is 12.0 Å². The van der Waals surface area contributed by atoms with E-state index in [2.05, 4.69) is 37.7 Å². The van der Waals surface area contributed by atoms with Gasteiger partial charge < -0.3 is 0 Å². The predicted molar refractivity (Wildman–Crippen MR) is 64.5 cm³/mol. The van der Waals surface area contributed by atoms with Crippen molar-refractivity contribution >= 4 is 0 Å². The smallest absolute Gasteiger partial charge is 0.0247 e. The minimum atomic E-state index is 0.468. The van der Waals surface area contributed by atoms with Crippen molar-refractivity contribution in [3.8, 4) is 0 Å². The standard InChI is InChI=1S/C13H26N2/c1-5-8-14-9-11(13(2,3)4)10-15(14)12-6-7-12/h11-12H,5-10H2,1-4H3. The second-order valence-corrected chi connectivity index (χ2v) is 6.33. The van der Waals surface area contributed by atoms with Crippen LogP contribution < -0.4 is 0 Å². The van der Waals surface area contributed by atoms with E-state index in [4.69, 9.17) is 0 Å². The fourth-order valence-electron chi connectivity index (χ4n) is 2.54. The van der Waals surface area contributed by atoms with Crippen molar-refractivity contribution < 1.29 is 0 Å². The van der Waals surface area contributed by atoms with Crippen molar-refractivity contribution in [2.45, 2.75) is 53.0 Å². The lowest BCUT2D eigenvalue weighted by Crippen LogP contribution is -2.38. The maximum atomic E-state index is 2.67. The molecule has 1 aliphatic carbocycles. The summed E-state index contributed by atoms with van der Waals surface area (Å²) in [5, 5.41) is 5.28. The van der Waals surface area contributed by atoms with Gasteiger partial charge in [0.2, 0.25) is 0 Å². The Morgan fingerprint density at radius 3 is 2.27 bits per heavy atom. The lowest BCUT2D eigenvalue weighted by Gasteiger charge is -2.27. The van der Waals surface area contributed by atoms with Crippen LogP contribution in [0.1, 0.15) is 47.0 Å². The molecule has 2 aliphatic rings. The van der Waals surface area contributed by atoms with E-state index in [1.54, 1.807) is 0 Å². The second-order valence-electron chi connectivity index (χ2n) is 6.33. The topological polar surface area (TPSA) is 6.48 Å². The summed E-state index contributed by atoms with van der Waals surface area (Å²) < 4.78 is 0. The van der Waals surface area contributed by atoms with E-state index in [1.165, 1.54) is 38.9 Å². The maximum absolute atomic E-state index is 2.67. The number of hydrogen-bond donors (Lipinski definition) is 0. The minimum Gasteiger partial charge on any atom is -0.241 e. The molecule has 1 aliphatic heterocycles. The molecule has 2 fully saturated rings. The third-order valence-corrected chi connectivity index (χ3v) is 3.88. The first-order valence-corrected chi connectivity index (χ1v) is 6.54. The van der Waals surface area contributed by atoms with Crippen LogP contribution in [0.2, 0.25) is 0 Å². The molecule has 2 heteroatoms. The van der Waals surface area contributed by atoms with E-state index < -0.39 is 0 Å². The SMILES string of the molecule is CCCN1CC(C(C)(C)C)CN1C1CC1. The van der Waals surface area contributed by atoms with Gasteiger partial charge in [0.15, 0.2) is 0 Å². The number of hydrazine groups is 1. The summed E-state index contributed by atoms with van der Waals surface area (Å²) in [5.74, 6) is 0.852. The molecular weight excluding hydrogens is 184 g/mol. The van der Waals surface area contributed by atoms with Crippen molar-refractivity contribution in [2.24, 2.45) is 11.3 Å². The number of nitrogens with zero attached hydrogens (tertiary/aromatic N) is 2. The van der Waals surface area contributed by atoms with Gasteiger partial charge in [0, 0.05) is 25.7 Å². The molecule has 1 saturated carbocycles. The zero-order valence-corrected chi connectivity index (χ0v) is 10.8. The third kappa shape index (κ3) is 2.54. The van der Waals surface area contributed by atoms with Crippen LogP contribution >= 0.6 is 0 Å². The molecule has 1 saturated heterocycles. The predicted octanol–water partition coefficient (Wildman–Crippen LogP) is 2.75. The first kappa shape index (κ1) is 11.4. The lowest BCUT2D eigenvalue weighted by molar-refractivity contribution is 0.0189. The van der Waals surface area contributed by atoms with Crippen LogP contribution in [0.15, 0.2) is 0 Å². The highest BCUT2D eigenvalue weighted by atomic mass is 15.7. The van der Waals surface area contributed by atoms with Gasteiger partial charge in [0.05, 0.1) is 0 Å². The molecule has 0 bridgehead atoms. The van der Waals surface area contributed by atoms with Crippen LogP contribution in [0.5, 0.6) is 0 Å². The summed E-state index contributed by atoms with van der Waals surface area (Å²) in [6, 6.07) is 0.892. The van der Waals surface area contributed by atoms with Gasteiger partial charge in [0.1, 0.15) is 0 Å². The molecule has 0 aromatic carbocycles. The van der Waals surface area contributed by atoms with E-state index in [9.17, 15) is 0 Å². The first-order valence-electron chi connectivity index (χ1n) is 6.54. The minimum absolute atomic E-state index is 0.468. The molecule has 0 N–H and O–H groups in total. The highest BCUT2D eigenvalue weighted by Gasteiger charge is 2.42. The van der Waals surface area contributed by atoms with Crippen LogP contribution in [-0.4, -0.2) is 35.7 Å². The highest BCUT2D eigenvalue weighted by molar-refractivity contribution is 4.92. The quantitative estimate of drug-likeness (QED) is 0.707. The van der Waals surface area contributed by atoms with Crippen molar-refractivity contribution in [1.82, 2.24) is 10.0 Å². The van der Waals surface area contributed by atoms with Crippen LogP contribution in [-0.2, 0) is 0 Å². The Morgan fingerprint density at radius 2 is 1.80 bits per heavy atom. The monoisotopic (exact) mass is 210 g/mol. The summed E-state index contributed by atoms with van der Waals surface area (Å²) in [7, 11) is 0. The van der Waals surface area contributed by atoms with Gasteiger partial charge >= 0.3 is 0 Å². The molecule has 0 aromatic heterocycles. The Labute approximate surface area is 94.6 Å². The number of rotatable bonds is 3. The van der Waals surface area contributed by atoms with E-state index >= 15 is 0 Å². The Kier molecular flexibility index (Phi) is 3.09. The Balaban J connectivity index is 1.98. The Morgan fingerprint density at radius 1 is 1.13 bits per heavy atom. The Bertz CT molecular complexity index is 215. The molecular formula is C13H26N2. The van der Waals surface area contributed by atoms with E-state index in [-0.39, 0.29) is 0 Å². The van der Waals surface area contributed by atoms with Crippen molar-refractivity contribution in [2.75, 3.05) is 19.6 Å². The zero-order valence-electron chi connectivity index (χ0n) is 10.8. The molecule has 1 atom stereocenters. The van der Waals surface area contributed by atoms with Gasteiger partial charge in [-0.25, -0.2) is 10.0 Å². The largest absolute Gasteiger partial charge is 0.241 e. The zero-order chi connectivity index (χ0) is 11.1. The summed E-state index contributed by atoms with van der Waals surface area (Å²) in [5.41, 5.74) is 0.468. The van der Waals surface area contributed by atoms with Crippen LogP contribution in [0.25, 0.3) is 0 Å². The molecule has 0 aromatic rings. The van der Waals surface area contributed by atoms with Crippen LogP contribution in [0, 0.1) is 11.3 Å². The van der Waals surface area contributed by atoms with E-state index in [0.29, 0.717) is 5.41 Å². The average Bonchev–Trinajstić information content (AvgIpc) is 2.87. The van der Waals surface area contributed by atoms with Gasteiger partial charge in [-0.15, -0.1) is 0 Å². The molecule has 0 amide bonds. The molecule has 2 rings (SSSR count). The molecule has 88 valence electrons. The molecule has 1 unspecified atom stereocenters. The molecule has 15 heavy (non-hydrogen) atoms. The fourth-order valence-corrected chi connectivity index (χ4v) is 2.54. The average molecular weight is 210 g/mol. The molecule has 0 radical (unpaired) electrons. The molecule has 0 spiro atoms. The van der Waals surface area contributed by atoms with Crippen molar-refractivity contribution in [1.29, 1.82) is 0 Å². The van der Waals surface area contributed by atoms with Gasteiger partial charge in [-0.1, -0.05) is 27.7 Å². The van der Waals surface area contributed by atoms with Crippen molar-refractivity contribution in [3.63, 3.8) is 0 Å². The number of hydrogen-bond acceptors (Lipinski definition) is 2.